The summed E-state index contributed by atoms with van der Waals surface area (Å²) in [5, 5.41) is 12.8. The van der Waals surface area contributed by atoms with Gasteiger partial charge in [-0.05, 0) is 25.8 Å². The molecule has 102 valence electrons. The zero-order valence-electron chi connectivity index (χ0n) is 11.9. The van der Waals surface area contributed by atoms with Crippen LogP contribution >= 0.6 is 0 Å². The monoisotopic (exact) mass is 242 g/mol. The first-order valence-electron chi connectivity index (χ1n) is 7.10. The van der Waals surface area contributed by atoms with E-state index in [1.807, 2.05) is 0 Å². The predicted molar refractivity (Wildman–Crippen MR) is 73.2 cm³/mol. The first kappa shape index (κ1) is 14.9. The molecule has 0 bridgehead atoms. The van der Waals surface area contributed by atoms with Crippen molar-refractivity contribution in [1.29, 1.82) is 0 Å². The minimum atomic E-state index is 0.206. The largest absolute Gasteiger partial charge is 0.395 e. The standard InChI is InChI=1S/C14H30N2O/c1-11(2)15-13(10-17)9-16(4)14-7-5-6-12(3)8-14/h11-15,17H,5-10H2,1-4H3. The zero-order valence-corrected chi connectivity index (χ0v) is 11.9. The van der Waals surface area contributed by atoms with E-state index in [4.69, 9.17) is 0 Å². The van der Waals surface area contributed by atoms with Crippen molar-refractivity contribution in [3.8, 4) is 0 Å². The molecule has 3 unspecified atom stereocenters. The number of hydrogen-bond donors (Lipinski definition) is 2. The summed E-state index contributed by atoms with van der Waals surface area (Å²) in [6.45, 7) is 7.80. The fourth-order valence-corrected chi connectivity index (χ4v) is 2.93. The highest BCUT2D eigenvalue weighted by molar-refractivity contribution is 4.80. The minimum absolute atomic E-state index is 0.206. The number of nitrogens with zero attached hydrogens (tertiary/aromatic N) is 1. The van der Waals surface area contributed by atoms with E-state index in [2.05, 4.69) is 38.0 Å². The average molecular weight is 242 g/mol. The van der Waals surface area contributed by atoms with Crippen LogP contribution in [0, 0.1) is 5.92 Å². The van der Waals surface area contributed by atoms with Gasteiger partial charge in [0.1, 0.15) is 0 Å². The minimum Gasteiger partial charge on any atom is -0.395 e. The van der Waals surface area contributed by atoms with Crippen LogP contribution in [0.5, 0.6) is 0 Å². The van der Waals surface area contributed by atoms with Crippen molar-refractivity contribution >= 4 is 0 Å². The molecule has 3 heteroatoms. The summed E-state index contributed by atoms with van der Waals surface area (Å²) in [6, 6.07) is 1.35. The fourth-order valence-electron chi connectivity index (χ4n) is 2.93. The second-order valence-corrected chi connectivity index (χ2v) is 6.07. The third-order valence-electron chi connectivity index (χ3n) is 3.83. The molecule has 0 spiro atoms. The van der Waals surface area contributed by atoms with Crippen LogP contribution in [0.15, 0.2) is 0 Å². The Bertz CT molecular complexity index is 208. The predicted octanol–water partition coefficient (Wildman–Crippen LogP) is 1.86. The molecule has 1 aliphatic rings. The summed E-state index contributed by atoms with van der Waals surface area (Å²) in [7, 11) is 2.20. The highest BCUT2D eigenvalue weighted by atomic mass is 16.3. The molecule has 1 rings (SSSR count). The molecule has 0 aromatic heterocycles. The van der Waals surface area contributed by atoms with E-state index in [1.54, 1.807) is 0 Å². The van der Waals surface area contributed by atoms with Crippen LogP contribution in [0.4, 0.5) is 0 Å². The molecule has 1 aliphatic carbocycles. The Morgan fingerprint density at radius 2 is 2.06 bits per heavy atom. The lowest BCUT2D eigenvalue weighted by Gasteiger charge is -2.36. The Kier molecular flexibility index (Phi) is 6.45. The second-order valence-electron chi connectivity index (χ2n) is 6.07. The molecule has 0 saturated heterocycles. The highest BCUT2D eigenvalue weighted by Gasteiger charge is 2.24. The van der Waals surface area contributed by atoms with Gasteiger partial charge in [-0.3, -0.25) is 0 Å². The molecule has 0 aromatic carbocycles. The van der Waals surface area contributed by atoms with Crippen LogP contribution in [0.3, 0.4) is 0 Å². The topological polar surface area (TPSA) is 35.5 Å². The van der Waals surface area contributed by atoms with Gasteiger partial charge in [0, 0.05) is 24.7 Å². The van der Waals surface area contributed by atoms with Gasteiger partial charge in [-0.25, -0.2) is 0 Å². The van der Waals surface area contributed by atoms with Gasteiger partial charge in [-0.1, -0.05) is 33.6 Å². The molecule has 0 aromatic rings. The molecule has 3 atom stereocenters. The van der Waals surface area contributed by atoms with Crippen molar-refractivity contribution in [3.63, 3.8) is 0 Å². The van der Waals surface area contributed by atoms with E-state index in [-0.39, 0.29) is 12.6 Å². The summed E-state index contributed by atoms with van der Waals surface area (Å²) in [5.41, 5.74) is 0. The first-order valence-corrected chi connectivity index (χ1v) is 7.10. The summed E-state index contributed by atoms with van der Waals surface area (Å²) >= 11 is 0. The van der Waals surface area contributed by atoms with Crippen LogP contribution in [0.1, 0.15) is 46.5 Å². The average Bonchev–Trinajstić information content (AvgIpc) is 2.27. The molecular weight excluding hydrogens is 212 g/mol. The molecule has 3 nitrogen and oxygen atoms in total. The van der Waals surface area contributed by atoms with Gasteiger partial charge in [-0.15, -0.1) is 0 Å². The molecule has 17 heavy (non-hydrogen) atoms. The third-order valence-corrected chi connectivity index (χ3v) is 3.83. The van der Waals surface area contributed by atoms with Gasteiger partial charge in [0.15, 0.2) is 0 Å². The summed E-state index contributed by atoms with van der Waals surface area (Å²) < 4.78 is 0. The van der Waals surface area contributed by atoms with Crippen molar-refractivity contribution in [1.82, 2.24) is 10.2 Å². The lowest BCUT2D eigenvalue weighted by molar-refractivity contribution is 0.127. The van der Waals surface area contributed by atoms with Crippen molar-refractivity contribution in [2.45, 2.75) is 64.6 Å². The zero-order chi connectivity index (χ0) is 12.8. The maximum Gasteiger partial charge on any atom is 0.0597 e. The van der Waals surface area contributed by atoms with Crippen LogP contribution in [-0.4, -0.2) is 48.3 Å². The van der Waals surface area contributed by atoms with E-state index in [9.17, 15) is 5.11 Å². The first-order chi connectivity index (χ1) is 8.02. The normalized spacial score (nSPS) is 27.7. The van der Waals surface area contributed by atoms with Gasteiger partial charge < -0.3 is 15.3 Å². The Balaban J connectivity index is 2.37. The quantitative estimate of drug-likeness (QED) is 0.746. The Morgan fingerprint density at radius 3 is 2.59 bits per heavy atom. The summed E-state index contributed by atoms with van der Waals surface area (Å²) in [5.74, 6) is 0.863. The Hall–Kier alpha value is -0.120. The van der Waals surface area contributed by atoms with Gasteiger partial charge >= 0.3 is 0 Å². The molecule has 0 radical (unpaired) electrons. The number of rotatable bonds is 6. The summed E-state index contributed by atoms with van der Waals surface area (Å²) in [6.07, 6.45) is 5.38. The third kappa shape index (κ3) is 5.36. The number of aliphatic hydroxyl groups is 1. The van der Waals surface area contributed by atoms with Gasteiger partial charge in [0.05, 0.1) is 6.61 Å². The smallest absolute Gasteiger partial charge is 0.0597 e. The fraction of sp³-hybridized carbons (Fsp3) is 1.00. The van der Waals surface area contributed by atoms with Crippen molar-refractivity contribution in [3.05, 3.63) is 0 Å². The lowest BCUT2D eigenvalue weighted by atomic mass is 9.86. The van der Waals surface area contributed by atoms with Gasteiger partial charge in [0.25, 0.3) is 0 Å². The van der Waals surface area contributed by atoms with Crippen LogP contribution in [0.25, 0.3) is 0 Å². The molecule has 0 aliphatic heterocycles. The van der Waals surface area contributed by atoms with E-state index < -0.39 is 0 Å². The highest BCUT2D eigenvalue weighted by Crippen LogP contribution is 2.26. The molecular formula is C14H30N2O. The van der Waals surface area contributed by atoms with Crippen LogP contribution in [0.2, 0.25) is 0 Å². The van der Waals surface area contributed by atoms with E-state index in [1.165, 1.54) is 25.7 Å². The molecule has 0 heterocycles. The molecule has 1 fully saturated rings. The van der Waals surface area contributed by atoms with Crippen molar-refractivity contribution < 1.29 is 5.11 Å². The lowest BCUT2D eigenvalue weighted by Crippen LogP contribution is -2.48. The number of hydrogen-bond acceptors (Lipinski definition) is 3. The summed E-state index contributed by atoms with van der Waals surface area (Å²) in [4.78, 5) is 2.44. The number of aliphatic hydroxyl groups excluding tert-OH is 1. The maximum absolute atomic E-state index is 9.38. The SMILES string of the molecule is CC1CCCC(N(C)CC(CO)NC(C)C)C1. The Morgan fingerprint density at radius 1 is 1.35 bits per heavy atom. The van der Waals surface area contributed by atoms with Crippen LogP contribution in [-0.2, 0) is 0 Å². The number of nitrogens with one attached hydrogen (secondary N) is 1. The second kappa shape index (κ2) is 7.34. The maximum atomic E-state index is 9.38. The van der Waals surface area contributed by atoms with Gasteiger partial charge in [-0.2, -0.15) is 0 Å². The molecule has 0 amide bonds. The number of likely N-dealkylation sites (N-methyl/N-ethyl adjacent to an activating group) is 1. The van der Waals surface area contributed by atoms with Crippen molar-refractivity contribution in [2.75, 3.05) is 20.2 Å². The van der Waals surface area contributed by atoms with Crippen molar-refractivity contribution in [2.24, 2.45) is 5.92 Å². The molecule has 1 saturated carbocycles. The van der Waals surface area contributed by atoms with Crippen LogP contribution < -0.4 is 5.32 Å². The molecule has 2 N–H and O–H groups in total. The Labute approximate surface area is 107 Å². The van der Waals surface area contributed by atoms with E-state index >= 15 is 0 Å². The van der Waals surface area contributed by atoms with Gasteiger partial charge in [0.2, 0.25) is 0 Å². The van der Waals surface area contributed by atoms with E-state index in [0.717, 1.165) is 12.5 Å². The van der Waals surface area contributed by atoms with E-state index in [0.29, 0.717) is 12.1 Å².